The zero-order valence-electron chi connectivity index (χ0n) is 14.0. The molecular weight excluding hydrogens is 283 g/mol. The summed E-state index contributed by atoms with van der Waals surface area (Å²) in [7, 11) is 2.81. The van der Waals surface area contributed by atoms with Crippen LogP contribution in [0.5, 0.6) is 0 Å². The Hall–Kier alpha value is -1.13. The number of rotatable bonds is 11. The van der Waals surface area contributed by atoms with Gasteiger partial charge in [0.2, 0.25) is 0 Å². The lowest BCUT2D eigenvalue weighted by molar-refractivity contribution is 0.728. The number of hydrogen-bond acceptors (Lipinski definition) is 0. The summed E-state index contributed by atoms with van der Waals surface area (Å²) in [6, 6.07) is 8.57. The van der Waals surface area contributed by atoms with Crippen LogP contribution in [-0.4, -0.2) is 0 Å². The molecular formula is C21H31P. The van der Waals surface area contributed by atoms with Crippen molar-refractivity contribution in [3.63, 3.8) is 0 Å². The topological polar surface area (TPSA) is 0 Å². The van der Waals surface area contributed by atoms with Crippen LogP contribution in [0.4, 0.5) is 0 Å². The van der Waals surface area contributed by atoms with E-state index in [0.29, 0.717) is 0 Å². The van der Waals surface area contributed by atoms with Gasteiger partial charge in [-0.25, -0.2) is 0 Å². The predicted molar refractivity (Wildman–Crippen MR) is 105 cm³/mol. The average Bonchev–Trinajstić information content (AvgIpc) is 2.53. The molecule has 0 aliphatic carbocycles. The van der Waals surface area contributed by atoms with Gasteiger partial charge in [-0.15, -0.1) is 9.24 Å². The molecule has 120 valence electrons. The first-order valence-electron chi connectivity index (χ1n) is 8.63. The molecule has 0 saturated heterocycles. The average molecular weight is 314 g/mol. The molecule has 0 saturated carbocycles. The molecule has 0 heterocycles. The van der Waals surface area contributed by atoms with Crippen molar-refractivity contribution >= 4 is 14.5 Å². The number of aryl methyl sites for hydroxylation is 1. The summed E-state index contributed by atoms with van der Waals surface area (Å²) in [5.41, 5.74) is 1.43. The SMILES string of the molecule is CCCCCC=CCC=CCC=CCCc1ccccc1P. The highest BCUT2D eigenvalue weighted by Gasteiger charge is 1.94. The van der Waals surface area contributed by atoms with Crippen molar-refractivity contribution < 1.29 is 0 Å². The third kappa shape index (κ3) is 9.74. The maximum absolute atomic E-state index is 2.81. The van der Waals surface area contributed by atoms with Gasteiger partial charge in [0.25, 0.3) is 0 Å². The summed E-state index contributed by atoms with van der Waals surface area (Å²) in [6.45, 7) is 2.25. The van der Waals surface area contributed by atoms with Gasteiger partial charge in [-0.2, -0.15) is 0 Å². The molecule has 1 rings (SSSR count). The lowest BCUT2D eigenvalue weighted by Gasteiger charge is -2.01. The first-order valence-corrected chi connectivity index (χ1v) is 9.20. The molecule has 0 radical (unpaired) electrons. The van der Waals surface area contributed by atoms with Gasteiger partial charge < -0.3 is 0 Å². The largest absolute Gasteiger partial charge is 0.105 e. The van der Waals surface area contributed by atoms with E-state index in [1.807, 2.05) is 0 Å². The van der Waals surface area contributed by atoms with E-state index < -0.39 is 0 Å². The summed E-state index contributed by atoms with van der Waals surface area (Å²) in [5.74, 6) is 0. The minimum Gasteiger partial charge on any atom is -0.105 e. The van der Waals surface area contributed by atoms with Crippen molar-refractivity contribution in [2.24, 2.45) is 0 Å². The maximum Gasteiger partial charge on any atom is -0.0169 e. The minimum absolute atomic E-state index is 1.05. The highest BCUT2D eigenvalue weighted by molar-refractivity contribution is 7.27. The van der Waals surface area contributed by atoms with Gasteiger partial charge in [-0.05, 0) is 49.4 Å². The summed E-state index contributed by atoms with van der Waals surface area (Å²) in [4.78, 5) is 0. The number of unbranched alkanes of at least 4 members (excludes halogenated alkanes) is 3. The Morgan fingerprint density at radius 1 is 0.818 bits per heavy atom. The molecule has 1 aromatic carbocycles. The van der Waals surface area contributed by atoms with Crippen LogP contribution in [0.15, 0.2) is 60.7 Å². The molecule has 0 amide bonds. The monoisotopic (exact) mass is 314 g/mol. The first kappa shape index (κ1) is 18.9. The lowest BCUT2D eigenvalue weighted by atomic mass is 10.1. The van der Waals surface area contributed by atoms with Crippen LogP contribution in [0.1, 0.15) is 57.4 Å². The van der Waals surface area contributed by atoms with Crippen molar-refractivity contribution in [1.29, 1.82) is 0 Å². The molecule has 0 spiro atoms. The Morgan fingerprint density at radius 3 is 2.14 bits per heavy atom. The quantitative estimate of drug-likeness (QED) is 0.261. The summed E-state index contributed by atoms with van der Waals surface area (Å²) in [5, 5.41) is 1.32. The molecule has 0 N–H and O–H groups in total. The summed E-state index contributed by atoms with van der Waals surface area (Å²) < 4.78 is 0. The van der Waals surface area contributed by atoms with Gasteiger partial charge in [0.1, 0.15) is 0 Å². The molecule has 1 heteroatoms. The summed E-state index contributed by atoms with van der Waals surface area (Å²) >= 11 is 0. The van der Waals surface area contributed by atoms with Crippen molar-refractivity contribution in [3.8, 4) is 0 Å². The second kappa shape index (κ2) is 13.5. The fourth-order valence-corrected chi connectivity index (χ4v) is 2.64. The molecule has 0 bridgehead atoms. The van der Waals surface area contributed by atoms with Gasteiger partial charge in [-0.3, -0.25) is 0 Å². The van der Waals surface area contributed by atoms with Crippen molar-refractivity contribution in [1.82, 2.24) is 0 Å². The van der Waals surface area contributed by atoms with Crippen LogP contribution in [0.25, 0.3) is 0 Å². The number of allylic oxidation sites excluding steroid dienone is 6. The second-order valence-electron chi connectivity index (χ2n) is 5.62. The Labute approximate surface area is 139 Å². The highest BCUT2D eigenvalue weighted by Crippen LogP contribution is 2.05. The fraction of sp³-hybridized carbons (Fsp3) is 0.429. The molecule has 22 heavy (non-hydrogen) atoms. The Balaban J connectivity index is 2.04. The Bertz CT molecular complexity index is 469. The standard InChI is InChI=1S/C21H31P/c1-2-3-4-5-6-7-8-9-10-11-12-13-14-17-20-18-15-16-19-21(20)22/h6-7,9-10,12-13,15-16,18-19H,2-5,8,11,14,17,22H2,1H3. The Kier molecular flexibility index (Phi) is 11.6. The molecule has 0 nitrogen and oxygen atoms in total. The van der Waals surface area contributed by atoms with E-state index in [-0.39, 0.29) is 0 Å². The normalized spacial score (nSPS) is 12.1. The molecule has 1 aromatic rings. The summed E-state index contributed by atoms with van der Waals surface area (Å²) in [6.07, 6.45) is 23.3. The van der Waals surface area contributed by atoms with Crippen LogP contribution in [0.3, 0.4) is 0 Å². The van der Waals surface area contributed by atoms with Gasteiger partial charge >= 0.3 is 0 Å². The predicted octanol–water partition coefficient (Wildman–Crippen LogP) is 6.15. The van der Waals surface area contributed by atoms with E-state index in [9.17, 15) is 0 Å². The molecule has 1 unspecified atom stereocenters. The molecule has 0 aromatic heterocycles. The molecule has 0 aliphatic rings. The van der Waals surface area contributed by atoms with E-state index in [2.05, 4.69) is 76.9 Å². The number of benzene rings is 1. The Morgan fingerprint density at radius 2 is 1.45 bits per heavy atom. The zero-order chi connectivity index (χ0) is 15.9. The zero-order valence-corrected chi connectivity index (χ0v) is 15.2. The smallest absolute Gasteiger partial charge is 0.0169 e. The van der Waals surface area contributed by atoms with Crippen molar-refractivity contribution in [2.45, 2.75) is 58.3 Å². The van der Waals surface area contributed by atoms with Crippen molar-refractivity contribution in [2.75, 3.05) is 0 Å². The van der Waals surface area contributed by atoms with Gasteiger partial charge in [-0.1, -0.05) is 80.5 Å². The van der Waals surface area contributed by atoms with Gasteiger partial charge in [0, 0.05) is 0 Å². The molecule has 1 atom stereocenters. The molecule has 0 fully saturated rings. The minimum atomic E-state index is 1.05. The third-order valence-electron chi connectivity index (χ3n) is 3.65. The first-order chi connectivity index (χ1) is 10.8. The van der Waals surface area contributed by atoms with E-state index in [1.165, 1.54) is 36.6 Å². The molecule has 0 aliphatic heterocycles. The van der Waals surface area contributed by atoms with Crippen molar-refractivity contribution in [3.05, 3.63) is 66.3 Å². The van der Waals surface area contributed by atoms with Crippen LogP contribution in [0.2, 0.25) is 0 Å². The van der Waals surface area contributed by atoms with Crippen LogP contribution in [-0.2, 0) is 6.42 Å². The van der Waals surface area contributed by atoms with Crippen LogP contribution in [0, 0.1) is 0 Å². The van der Waals surface area contributed by atoms with Crippen LogP contribution < -0.4 is 5.30 Å². The van der Waals surface area contributed by atoms with E-state index in [1.54, 1.807) is 0 Å². The third-order valence-corrected chi connectivity index (χ3v) is 4.22. The van der Waals surface area contributed by atoms with E-state index in [0.717, 1.165) is 25.7 Å². The lowest BCUT2D eigenvalue weighted by Crippen LogP contribution is -1.99. The fourth-order valence-electron chi connectivity index (χ4n) is 2.29. The number of hydrogen-bond donors (Lipinski definition) is 0. The highest BCUT2D eigenvalue weighted by atomic mass is 31.0. The van der Waals surface area contributed by atoms with E-state index >= 15 is 0 Å². The van der Waals surface area contributed by atoms with Gasteiger partial charge in [0.15, 0.2) is 0 Å². The van der Waals surface area contributed by atoms with E-state index in [4.69, 9.17) is 0 Å². The van der Waals surface area contributed by atoms with Gasteiger partial charge in [0.05, 0.1) is 0 Å². The second-order valence-corrected chi connectivity index (χ2v) is 6.24. The van der Waals surface area contributed by atoms with Crippen LogP contribution >= 0.6 is 9.24 Å². The maximum atomic E-state index is 2.81.